The Morgan fingerprint density at radius 2 is 1.95 bits per heavy atom. The van der Waals surface area contributed by atoms with E-state index in [0.29, 0.717) is 24.1 Å². The van der Waals surface area contributed by atoms with Gasteiger partial charge in [-0.2, -0.15) is 10.2 Å². The lowest BCUT2D eigenvalue weighted by atomic mass is 9.77. The number of rotatable bonds is 8. The fourth-order valence-electron chi connectivity index (χ4n) is 5.98. The number of amides is 1. The van der Waals surface area contributed by atoms with Crippen LogP contribution in [0.15, 0.2) is 36.8 Å². The van der Waals surface area contributed by atoms with Crippen LogP contribution in [0.5, 0.6) is 0 Å². The van der Waals surface area contributed by atoms with E-state index < -0.39 is 6.43 Å². The van der Waals surface area contributed by atoms with Crippen LogP contribution < -0.4 is 11.1 Å². The number of alkyl halides is 2. The van der Waals surface area contributed by atoms with Gasteiger partial charge in [0, 0.05) is 63.6 Å². The summed E-state index contributed by atoms with van der Waals surface area (Å²) in [4.78, 5) is 20.5. The molecule has 39 heavy (non-hydrogen) atoms. The molecule has 1 saturated carbocycles. The highest BCUT2D eigenvalue weighted by Gasteiger charge is 2.39. The smallest absolute Gasteiger partial charge is 0.284 e. The molecule has 0 bridgehead atoms. The molecule has 1 amide bonds. The lowest BCUT2D eigenvalue weighted by molar-refractivity contribution is -0.130. The fraction of sp³-hybridized carbons (Fsp3) is 0.556. The largest absolute Gasteiger partial charge is 0.343 e. The molecule has 5 heterocycles. The Morgan fingerprint density at radius 3 is 2.59 bits per heavy atom. The average molecular weight is 540 g/mol. The summed E-state index contributed by atoms with van der Waals surface area (Å²) in [5, 5.41) is 11.9. The van der Waals surface area contributed by atoms with Crippen molar-refractivity contribution in [3.8, 4) is 11.3 Å². The van der Waals surface area contributed by atoms with Crippen molar-refractivity contribution in [3.05, 3.63) is 42.5 Å². The number of carbonyl (C=O) groups excluding carboxylic acids is 1. The second kappa shape index (κ2) is 10.3. The second-order valence-corrected chi connectivity index (χ2v) is 11.0. The fourth-order valence-corrected chi connectivity index (χ4v) is 5.98. The van der Waals surface area contributed by atoms with Gasteiger partial charge in [-0.1, -0.05) is 6.07 Å². The molecule has 3 aromatic heterocycles. The van der Waals surface area contributed by atoms with Gasteiger partial charge in [0.1, 0.15) is 5.82 Å². The number of hydrogen-bond acceptors (Lipinski definition) is 7. The summed E-state index contributed by atoms with van der Waals surface area (Å²) in [6.45, 7) is 5.21. The lowest BCUT2D eigenvalue weighted by Gasteiger charge is -2.47. The van der Waals surface area contributed by atoms with E-state index in [1.807, 2.05) is 27.9 Å². The minimum Gasteiger partial charge on any atom is -0.343 e. The number of likely N-dealkylation sites (tertiary alicyclic amines) is 2. The first-order chi connectivity index (χ1) is 18.8. The highest BCUT2D eigenvalue weighted by atomic mass is 19.3. The van der Waals surface area contributed by atoms with Gasteiger partial charge in [-0.3, -0.25) is 19.1 Å². The van der Waals surface area contributed by atoms with Crippen LogP contribution in [-0.4, -0.2) is 79.0 Å². The zero-order chi connectivity index (χ0) is 27.1. The Hall–Kier alpha value is -3.38. The number of pyridine rings is 1. The highest BCUT2D eigenvalue weighted by molar-refractivity contribution is 5.73. The van der Waals surface area contributed by atoms with Gasteiger partial charge in [-0.15, -0.1) is 0 Å². The zero-order valence-electron chi connectivity index (χ0n) is 22.1. The van der Waals surface area contributed by atoms with Crippen LogP contribution in [-0.2, 0) is 10.3 Å². The minimum absolute atomic E-state index is 0.0374. The maximum absolute atomic E-state index is 13.9. The summed E-state index contributed by atoms with van der Waals surface area (Å²) in [6, 6.07) is 5.93. The third-order valence-corrected chi connectivity index (χ3v) is 8.70. The van der Waals surface area contributed by atoms with Crippen LogP contribution in [0.2, 0.25) is 0 Å². The molecule has 0 atom stereocenters. The molecule has 3 aliphatic rings. The molecule has 208 valence electrons. The number of nitrogens with one attached hydrogen (secondary N) is 1. The average Bonchev–Trinajstić information content (AvgIpc) is 3.52. The predicted molar refractivity (Wildman–Crippen MR) is 143 cm³/mol. The van der Waals surface area contributed by atoms with E-state index in [4.69, 9.17) is 5.73 Å². The zero-order valence-corrected chi connectivity index (χ0v) is 22.1. The van der Waals surface area contributed by atoms with Crippen LogP contribution in [0.4, 0.5) is 20.3 Å². The van der Waals surface area contributed by atoms with E-state index in [1.54, 1.807) is 30.1 Å². The Bertz CT molecular complexity index is 1310. The van der Waals surface area contributed by atoms with Crippen molar-refractivity contribution < 1.29 is 13.6 Å². The third kappa shape index (κ3) is 4.91. The molecule has 0 spiro atoms. The SMILES string of the molecule is CC(=O)N1CCC(N2CC(n3cc(Nc4cccc(-c5cnn(C6(CN)CCC6)c5)n4)c(C(F)F)n3)C2)CC1. The third-order valence-electron chi connectivity index (χ3n) is 8.70. The van der Waals surface area contributed by atoms with Gasteiger partial charge in [0.05, 0.1) is 29.2 Å². The standard InChI is InChI=1S/C27H35F2N9O/c1-18(39)35-10-6-20(7-11-35)36-14-21(15-36)37-16-23(25(34-37)26(28)29)33-24-5-2-4-22(32-24)19-12-31-38(13-19)27(17-30)8-3-9-27/h2,4-5,12-13,16,20-21,26H,3,6-11,14-15,17,30H2,1H3,(H,32,33). The maximum Gasteiger partial charge on any atom is 0.284 e. The minimum atomic E-state index is -2.71. The van der Waals surface area contributed by atoms with Gasteiger partial charge in [0.2, 0.25) is 5.91 Å². The molecule has 1 aliphatic carbocycles. The van der Waals surface area contributed by atoms with E-state index in [0.717, 1.165) is 63.8 Å². The summed E-state index contributed by atoms with van der Waals surface area (Å²) in [6.07, 6.45) is 7.74. The first-order valence-electron chi connectivity index (χ1n) is 13.7. The van der Waals surface area contributed by atoms with E-state index >= 15 is 0 Å². The number of piperidine rings is 1. The first-order valence-corrected chi connectivity index (χ1v) is 13.7. The lowest BCUT2D eigenvalue weighted by Crippen LogP contribution is -2.56. The van der Waals surface area contributed by atoms with Crippen molar-refractivity contribution in [2.75, 3.05) is 38.0 Å². The number of aromatic nitrogens is 5. The Kier molecular flexibility index (Phi) is 6.84. The van der Waals surface area contributed by atoms with Crippen LogP contribution in [0, 0.1) is 0 Å². The summed E-state index contributed by atoms with van der Waals surface area (Å²) >= 11 is 0. The molecule has 0 radical (unpaired) electrons. The van der Waals surface area contributed by atoms with Crippen LogP contribution in [0.1, 0.15) is 57.2 Å². The maximum atomic E-state index is 13.9. The number of carbonyl (C=O) groups is 1. The molecule has 2 saturated heterocycles. The van der Waals surface area contributed by atoms with Crippen LogP contribution >= 0.6 is 0 Å². The summed E-state index contributed by atoms with van der Waals surface area (Å²) in [5.74, 6) is 0.584. The quantitative estimate of drug-likeness (QED) is 0.451. The monoisotopic (exact) mass is 539 g/mol. The van der Waals surface area contributed by atoms with Crippen molar-refractivity contribution in [2.45, 2.75) is 63.1 Å². The topological polar surface area (TPSA) is 110 Å². The van der Waals surface area contributed by atoms with Gasteiger partial charge in [0.25, 0.3) is 6.43 Å². The molecule has 10 nitrogen and oxygen atoms in total. The predicted octanol–water partition coefficient (Wildman–Crippen LogP) is 3.53. The molecule has 3 fully saturated rings. The van der Waals surface area contributed by atoms with Crippen LogP contribution in [0.3, 0.4) is 0 Å². The molecule has 0 aromatic carbocycles. The Balaban J connectivity index is 1.13. The summed E-state index contributed by atoms with van der Waals surface area (Å²) in [5.41, 5.74) is 7.45. The van der Waals surface area contributed by atoms with Crippen molar-refractivity contribution >= 4 is 17.4 Å². The molecule has 0 unspecified atom stereocenters. The number of nitrogens with two attached hydrogens (primary N) is 1. The van der Waals surface area contributed by atoms with Crippen molar-refractivity contribution in [3.63, 3.8) is 0 Å². The second-order valence-electron chi connectivity index (χ2n) is 11.0. The van der Waals surface area contributed by atoms with Crippen molar-refractivity contribution in [2.24, 2.45) is 5.73 Å². The van der Waals surface area contributed by atoms with Gasteiger partial charge >= 0.3 is 0 Å². The van der Waals surface area contributed by atoms with Gasteiger partial charge in [-0.05, 0) is 44.2 Å². The van der Waals surface area contributed by atoms with E-state index in [-0.39, 0.29) is 28.9 Å². The Morgan fingerprint density at radius 1 is 1.18 bits per heavy atom. The van der Waals surface area contributed by atoms with E-state index in [2.05, 4.69) is 25.4 Å². The van der Waals surface area contributed by atoms with Gasteiger partial charge in [0.15, 0.2) is 5.69 Å². The Labute approximate surface area is 226 Å². The molecular weight excluding hydrogens is 504 g/mol. The van der Waals surface area contributed by atoms with Crippen LogP contribution in [0.25, 0.3) is 11.3 Å². The molecular formula is C27H35F2N9O. The molecule has 3 aromatic rings. The number of nitrogens with zero attached hydrogens (tertiary/aromatic N) is 7. The summed E-state index contributed by atoms with van der Waals surface area (Å²) in [7, 11) is 0. The normalized spacial score (nSPS) is 20.2. The van der Waals surface area contributed by atoms with Crippen molar-refractivity contribution in [1.29, 1.82) is 0 Å². The van der Waals surface area contributed by atoms with E-state index in [9.17, 15) is 13.6 Å². The number of halogens is 2. The molecule has 6 rings (SSSR count). The number of hydrogen-bond donors (Lipinski definition) is 2. The van der Waals surface area contributed by atoms with Gasteiger partial charge in [-0.25, -0.2) is 13.8 Å². The molecule has 3 N–H and O–H groups in total. The molecule has 2 aliphatic heterocycles. The summed E-state index contributed by atoms with van der Waals surface area (Å²) < 4.78 is 31.5. The first kappa shape index (κ1) is 25.9. The molecule has 12 heteroatoms. The van der Waals surface area contributed by atoms with E-state index in [1.165, 1.54) is 0 Å². The highest BCUT2D eigenvalue weighted by Crippen LogP contribution is 2.38. The number of anilines is 2. The van der Waals surface area contributed by atoms with Crippen molar-refractivity contribution in [1.82, 2.24) is 34.3 Å². The van der Waals surface area contributed by atoms with Gasteiger partial charge < -0.3 is 16.0 Å².